The Morgan fingerprint density at radius 1 is 0.672 bits per heavy atom. The second-order valence-electron chi connectivity index (χ2n) is 15.1. The van der Waals surface area contributed by atoms with Crippen LogP contribution in [0.15, 0.2) is 102 Å². The summed E-state index contributed by atoms with van der Waals surface area (Å²) < 4.78 is 17.3. The molecule has 0 spiro atoms. The smallest absolute Gasteiger partial charge is 0.393 e. The summed E-state index contributed by atoms with van der Waals surface area (Å²) in [6, 6.07) is 15.7. The van der Waals surface area contributed by atoms with Crippen LogP contribution in [0, 0.1) is 0 Å². The number of hydrogen-bond acceptors (Lipinski definition) is 13. The predicted molar refractivity (Wildman–Crippen MR) is 223 cm³/mol. The van der Waals surface area contributed by atoms with Crippen molar-refractivity contribution in [1.82, 2.24) is 58.2 Å². The summed E-state index contributed by atoms with van der Waals surface area (Å²) in [4.78, 5) is 64.3. The number of halogens is 2. The van der Waals surface area contributed by atoms with E-state index < -0.39 is 11.5 Å². The molecule has 4 atom stereocenters. The number of benzene rings is 2. The van der Waals surface area contributed by atoms with Crippen LogP contribution < -0.4 is 22.6 Å². The first-order valence-electron chi connectivity index (χ1n) is 19.4. The third-order valence-electron chi connectivity index (χ3n) is 10.9. The molecule has 6 heterocycles. The quantitative estimate of drug-likeness (QED) is 0.228. The molecule has 0 bridgehead atoms. The Bertz CT molecular complexity index is 3030. The van der Waals surface area contributed by atoms with Crippen molar-refractivity contribution in [2.75, 3.05) is 0 Å². The number of aromatic nitrogens is 12. The normalized spacial score (nSPS) is 18.6. The molecular weight excluding hydrogens is 831 g/mol. The topological polar surface area (TPSA) is 233 Å². The van der Waals surface area contributed by atoms with Crippen LogP contribution >= 0.6 is 23.2 Å². The molecule has 0 saturated heterocycles. The van der Waals surface area contributed by atoms with E-state index in [1.807, 2.05) is 36.4 Å². The molecule has 2 unspecified atom stereocenters. The second kappa shape index (κ2) is 17.6. The van der Waals surface area contributed by atoms with Gasteiger partial charge in [-0.2, -0.15) is 4.68 Å². The second-order valence-corrected chi connectivity index (χ2v) is 15.9. The van der Waals surface area contributed by atoms with Crippen LogP contribution in [0.1, 0.15) is 79.3 Å². The fraction of sp³-hybridized carbons (Fsp3) is 0.350. The standard InChI is InChI=1S/C20H19ClN6O3.C11H13ClO.C9H8N6O3/c1-25-10-22-18-17(25)19(28)26(11-23-18)9-16-24-27(20(29)30-16)15-7-4-13(8-15)12-2-5-14(21)6-3-12;12-10-4-1-8(2-5-10)9-3-6-11(13)7-9;1-14-3-10-7-6(14)8(16)15(4-11-7)2-5-12-13-9(17)18-5/h2-3,5-6,10-11,13,15H,4,7-9H2,1H3;1-2,4-5,9,11,13H,3,6-7H2;3-4H,2H2,1H3,(H,13,17)/t13-,15-;;/m1../s1. The van der Waals surface area contributed by atoms with Gasteiger partial charge in [0.05, 0.1) is 24.8 Å². The number of fused-ring (bicyclic) bond motifs is 2. The van der Waals surface area contributed by atoms with Gasteiger partial charge in [0.15, 0.2) is 22.3 Å². The number of aryl methyl sites for hydroxylation is 2. The number of hydrogen-bond donors (Lipinski definition) is 2. The van der Waals surface area contributed by atoms with E-state index in [1.54, 1.807) is 23.2 Å². The zero-order valence-electron chi connectivity index (χ0n) is 33.0. The van der Waals surface area contributed by atoms with E-state index in [1.165, 1.54) is 50.3 Å². The van der Waals surface area contributed by atoms with Gasteiger partial charge in [-0.1, -0.05) is 47.5 Å². The highest BCUT2D eigenvalue weighted by molar-refractivity contribution is 6.30. The number of aliphatic hydroxyl groups excluding tert-OH is 1. The Labute approximate surface area is 354 Å². The van der Waals surface area contributed by atoms with Crippen molar-refractivity contribution in [3.05, 3.63) is 149 Å². The van der Waals surface area contributed by atoms with E-state index in [2.05, 4.69) is 47.4 Å². The van der Waals surface area contributed by atoms with Gasteiger partial charge < -0.3 is 23.1 Å². The molecule has 6 aromatic heterocycles. The monoisotopic (exact) mass is 870 g/mol. The van der Waals surface area contributed by atoms with Crippen LogP contribution in [0.5, 0.6) is 0 Å². The van der Waals surface area contributed by atoms with Gasteiger partial charge in [0.2, 0.25) is 11.8 Å². The van der Waals surface area contributed by atoms with Crippen molar-refractivity contribution >= 4 is 45.5 Å². The first kappa shape index (κ1) is 41.3. The molecule has 8 aromatic rings. The van der Waals surface area contributed by atoms with Gasteiger partial charge in [-0.15, -0.1) is 10.2 Å². The molecule has 2 saturated carbocycles. The minimum atomic E-state index is -0.660. The van der Waals surface area contributed by atoms with E-state index in [9.17, 15) is 24.3 Å². The average Bonchev–Trinajstić information content (AvgIpc) is 4.12. The van der Waals surface area contributed by atoms with Crippen molar-refractivity contribution in [1.29, 1.82) is 0 Å². The van der Waals surface area contributed by atoms with Gasteiger partial charge in [-0.05, 0) is 85.8 Å². The van der Waals surface area contributed by atoms with Gasteiger partial charge >= 0.3 is 11.5 Å². The summed E-state index contributed by atoms with van der Waals surface area (Å²) in [5.74, 6) is 0.0124. The molecule has 0 aliphatic heterocycles. The molecule has 0 amide bonds. The first-order valence-corrected chi connectivity index (χ1v) is 20.2. The first-order chi connectivity index (χ1) is 29.4. The summed E-state index contributed by atoms with van der Waals surface area (Å²) in [7, 11) is 3.44. The maximum absolute atomic E-state index is 12.7. The zero-order chi connectivity index (χ0) is 42.8. The summed E-state index contributed by atoms with van der Waals surface area (Å²) in [6.45, 7) is 0.0637. The van der Waals surface area contributed by atoms with E-state index in [-0.39, 0.29) is 48.1 Å². The maximum Gasteiger partial charge on any atom is 0.437 e. The van der Waals surface area contributed by atoms with Gasteiger partial charge in [0.1, 0.15) is 25.7 Å². The molecule has 2 aliphatic rings. The molecule has 21 heteroatoms. The number of rotatable bonds is 7. The van der Waals surface area contributed by atoms with E-state index in [0.29, 0.717) is 39.2 Å². The molecule has 61 heavy (non-hydrogen) atoms. The van der Waals surface area contributed by atoms with Crippen LogP contribution in [0.25, 0.3) is 22.3 Å². The van der Waals surface area contributed by atoms with Crippen LogP contribution in [0.2, 0.25) is 10.0 Å². The van der Waals surface area contributed by atoms with Gasteiger partial charge in [-0.25, -0.2) is 34.6 Å². The van der Waals surface area contributed by atoms with Crippen LogP contribution in [-0.4, -0.2) is 69.4 Å². The minimum Gasteiger partial charge on any atom is -0.393 e. The highest BCUT2D eigenvalue weighted by Gasteiger charge is 2.30. The highest BCUT2D eigenvalue weighted by Crippen LogP contribution is 2.40. The number of aromatic amines is 1. The molecule has 316 valence electrons. The van der Waals surface area contributed by atoms with E-state index in [4.69, 9.17) is 32.0 Å². The Morgan fingerprint density at radius 3 is 1.69 bits per heavy atom. The molecule has 2 fully saturated rings. The van der Waals surface area contributed by atoms with Gasteiger partial charge in [0, 0.05) is 24.1 Å². The minimum absolute atomic E-state index is 0.0303. The van der Waals surface area contributed by atoms with Crippen molar-refractivity contribution in [2.24, 2.45) is 14.1 Å². The molecule has 10 rings (SSSR count). The largest absolute Gasteiger partial charge is 0.437 e. The Balaban J connectivity index is 0.000000140. The number of nitrogens with one attached hydrogen (secondary N) is 1. The molecule has 0 radical (unpaired) electrons. The van der Waals surface area contributed by atoms with Gasteiger partial charge in [0.25, 0.3) is 11.1 Å². The fourth-order valence-electron chi connectivity index (χ4n) is 7.82. The number of imidazole rings is 2. The van der Waals surface area contributed by atoms with Crippen LogP contribution in [0.3, 0.4) is 0 Å². The predicted octanol–water partition coefficient (Wildman–Crippen LogP) is 4.31. The SMILES string of the molecule is Cn1cnc2ncn(Cc3n[nH]c(=O)o3)c(=O)c21.Cn1cnc2ncn(Cc3nn([C@@H]4CC[C@@H](c5ccc(Cl)cc5)C4)c(=O)o3)c(=O)c21.OC1CCC(c2ccc(Cl)cc2)C1. The van der Waals surface area contributed by atoms with Crippen LogP contribution in [-0.2, 0) is 27.2 Å². The maximum atomic E-state index is 12.7. The van der Waals surface area contributed by atoms with Crippen LogP contribution in [0.4, 0.5) is 0 Å². The molecular formula is C40H40Cl2N12O7. The number of aliphatic hydroxyl groups is 1. The average molecular weight is 872 g/mol. The zero-order valence-corrected chi connectivity index (χ0v) is 34.5. The third-order valence-corrected chi connectivity index (χ3v) is 11.4. The Kier molecular flexibility index (Phi) is 12.0. The van der Waals surface area contributed by atoms with Crippen molar-refractivity contribution in [3.63, 3.8) is 0 Å². The molecule has 2 aromatic carbocycles. The van der Waals surface area contributed by atoms with Crippen molar-refractivity contribution in [2.45, 2.75) is 75.6 Å². The van der Waals surface area contributed by atoms with E-state index in [0.717, 1.165) is 43.5 Å². The summed E-state index contributed by atoms with van der Waals surface area (Å²) >= 11 is 11.8. The van der Waals surface area contributed by atoms with E-state index >= 15 is 0 Å². The van der Waals surface area contributed by atoms with Crippen molar-refractivity contribution < 1.29 is 13.9 Å². The lowest BCUT2D eigenvalue weighted by molar-refractivity contribution is 0.181. The highest BCUT2D eigenvalue weighted by atomic mass is 35.5. The summed E-state index contributed by atoms with van der Waals surface area (Å²) in [5, 5.41) is 21.0. The molecule has 2 N–H and O–H groups in total. The number of H-pyrrole nitrogens is 1. The summed E-state index contributed by atoms with van der Waals surface area (Å²) in [5.41, 5.74) is 3.51. The third kappa shape index (κ3) is 9.18. The fourth-order valence-corrected chi connectivity index (χ4v) is 8.08. The lowest BCUT2D eigenvalue weighted by Gasteiger charge is -2.11. The van der Waals surface area contributed by atoms with Gasteiger partial charge in [-0.3, -0.25) is 18.7 Å². The summed E-state index contributed by atoms with van der Waals surface area (Å²) in [6.07, 6.45) is 11.2. The molecule has 19 nitrogen and oxygen atoms in total. The number of nitrogens with zero attached hydrogens (tertiary/aromatic N) is 11. The Hall–Kier alpha value is -6.44. The van der Waals surface area contributed by atoms with Crippen molar-refractivity contribution in [3.8, 4) is 0 Å². The lowest BCUT2D eigenvalue weighted by Crippen LogP contribution is -2.23. The Morgan fingerprint density at radius 2 is 1.18 bits per heavy atom. The lowest BCUT2D eigenvalue weighted by atomic mass is 9.98. The molecule has 2 aliphatic carbocycles.